The normalized spacial score (nSPS) is 33.5. The number of rotatable bonds is 8. The molecule has 0 aliphatic carbocycles. The zero-order valence-electron chi connectivity index (χ0n) is 12.7. The molecule has 0 saturated carbocycles. The van der Waals surface area contributed by atoms with Crippen molar-refractivity contribution in [3.63, 3.8) is 0 Å². The predicted octanol–water partition coefficient (Wildman–Crippen LogP) is -1.69. The van der Waals surface area contributed by atoms with Gasteiger partial charge >= 0.3 is 5.97 Å². The molecule has 1 aliphatic heterocycles. The average Bonchev–Trinajstić information content (AvgIpc) is 2.52. The second-order valence-electron chi connectivity index (χ2n) is 5.47. The number of unbranched alkanes of at least 4 members (excludes halogenated alkanes) is 3. The van der Waals surface area contributed by atoms with Crippen LogP contribution in [0.25, 0.3) is 0 Å². The van der Waals surface area contributed by atoms with Crippen molar-refractivity contribution in [2.75, 3.05) is 13.2 Å². The molecule has 0 bridgehead atoms. The van der Waals surface area contributed by atoms with E-state index in [1.54, 1.807) is 0 Å². The van der Waals surface area contributed by atoms with Crippen molar-refractivity contribution >= 4 is 5.97 Å². The fraction of sp³-hybridized carbons (Fsp3) is 0.929. The molecule has 0 aromatic rings. The van der Waals surface area contributed by atoms with Crippen LogP contribution in [0.4, 0.5) is 0 Å². The fourth-order valence-electron chi connectivity index (χ4n) is 2.31. The Morgan fingerprint density at radius 3 is 2.41 bits per heavy atom. The Morgan fingerprint density at radius 2 is 1.82 bits per heavy atom. The van der Waals surface area contributed by atoms with Gasteiger partial charge in [0.05, 0.1) is 13.2 Å². The molecule has 5 N–H and O–H groups in total. The van der Waals surface area contributed by atoms with Crippen LogP contribution in [0.3, 0.4) is 0 Å². The first kappa shape index (κ1) is 19.3. The molecule has 0 aromatic heterocycles. The molecule has 0 aromatic carbocycles. The van der Waals surface area contributed by atoms with Crippen LogP contribution in [0.2, 0.25) is 0 Å². The van der Waals surface area contributed by atoms with E-state index in [0.29, 0.717) is 6.42 Å². The first-order chi connectivity index (χ1) is 10.4. The van der Waals surface area contributed by atoms with Crippen molar-refractivity contribution in [1.82, 2.24) is 0 Å². The van der Waals surface area contributed by atoms with Crippen LogP contribution in [0.1, 0.15) is 32.6 Å². The zero-order valence-corrected chi connectivity index (χ0v) is 12.7. The van der Waals surface area contributed by atoms with E-state index in [0.717, 1.165) is 19.3 Å². The molecular formula is C14H26O8. The van der Waals surface area contributed by atoms with Gasteiger partial charge in [0, 0.05) is 0 Å². The maximum Gasteiger partial charge on any atom is 0.337 e. The molecule has 0 spiro atoms. The fourth-order valence-corrected chi connectivity index (χ4v) is 2.31. The monoisotopic (exact) mass is 322 g/mol. The molecule has 0 radical (unpaired) electrons. The van der Waals surface area contributed by atoms with Crippen LogP contribution in [0, 0.1) is 0 Å². The second-order valence-corrected chi connectivity index (χ2v) is 5.47. The summed E-state index contributed by atoms with van der Waals surface area (Å²) in [5.41, 5.74) is 0. The summed E-state index contributed by atoms with van der Waals surface area (Å²) in [7, 11) is 0. The van der Waals surface area contributed by atoms with Crippen LogP contribution < -0.4 is 0 Å². The van der Waals surface area contributed by atoms with Gasteiger partial charge in [0.2, 0.25) is 0 Å². The van der Waals surface area contributed by atoms with E-state index in [9.17, 15) is 25.2 Å². The summed E-state index contributed by atoms with van der Waals surface area (Å²) < 4.78 is 9.99. The van der Waals surface area contributed by atoms with Gasteiger partial charge in [0.25, 0.3) is 0 Å². The standard InChI is InChI=1S/C14H26O8/c1-2-3-4-5-6-21-14(20)12(19)13-11(18)10(17)9(16)8(7-15)22-13/h8-13,15-19H,2-7H2,1H3/t8-,9-,10+,11-,12?,13?/m1/s1. The Kier molecular flexibility index (Phi) is 8.23. The van der Waals surface area contributed by atoms with Crippen molar-refractivity contribution < 1.29 is 39.8 Å². The quantitative estimate of drug-likeness (QED) is 0.264. The Balaban J connectivity index is 2.51. The molecule has 8 heteroatoms. The predicted molar refractivity (Wildman–Crippen MR) is 74.9 cm³/mol. The minimum Gasteiger partial charge on any atom is -0.464 e. The summed E-state index contributed by atoms with van der Waals surface area (Å²) in [4.78, 5) is 11.7. The van der Waals surface area contributed by atoms with Crippen LogP contribution in [-0.4, -0.2) is 81.3 Å². The molecule has 1 heterocycles. The van der Waals surface area contributed by atoms with Gasteiger partial charge in [-0.1, -0.05) is 26.2 Å². The highest BCUT2D eigenvalue weighted by molar-refractivity contribution is 5.75. The average molecular weight is 322 g/mol. The van der Waals surface area contributed by atoms with E-state index < -0.39 is 49.2 Å². The molecule has 6 atom stereocenters. The highest BCUT2D eigenvalue weighted by atomic mass is 16.6. The second kappa shape index (κ2) is 9.39. The lowest BCUT2D eigenvalue weighted by Crippen LogP contribution is -2.62. The van der Waals surface area contributed by atoms with Crippen LogP contribution in [-0.2, 0) is 14.3 Å². The molecule has 0 amide bonds. The number of hydrogen-bond donors (Lipinski definition) is 5. The lowest BCUT2D eigenvalue weighted by Gasteiger charge is -2.41. The van der Waals surface area contributed by atoms with Crippen molar-refractivity contribution in [3.05, 3.63) is 0 Å². The number of hydrogen-bond acceptors (Lipinski definition) is 8. The molecule has 22 heavy (non-hydrogen) atoms. The molecule has 1 fully saturated rings. The van der Waals surface area contributed by atoms with E-state index in [2.05, 4.69) is 6.92 Å². The Labute approximate surface area is 129 Å². The largest absolute Gasteiger partial charge is 0.464 e. The smallest absolute Gasteiger partial charge is 0.337 e. The minimum absolute atomic E-state index is 0.146. The number of carbonyl (C=O) groups excluding carboxylic acids is 1. The van der Waals surface area contributed by atoms with E-state index in [1.807, 2.05) is 0 Å². The maximum absolute atomic E-state index is 11.7. The Bertz CT molecular complexity index is 335. The number of esters is 1. The summed E-state index contributed by atoms with van der Waals surface area (Å²) in [5.74, 6) is -0.971. The van der Waals surface area contributed by atoms with Crippen molar-refractivity contribution in [1.29, 1.82) is 0 Å². The van der Waals surface area contributed by atoms with Gasteiger partial charge < -0.3 is 35.0 Å². The molecule has 2 unspecified atom stereocenters. The highest BCUT2D eigenvalue weighted by Gasteiger charge is 2.48. The third-order valence-corrected chi connectivity index (χ3v) is 3.72. The summed E-state index contributed by atoms with van der Waals surface area (Å²) in [6, 6.07) is 0. The van der Waals surface area contributed by atoms with Crippen LogP contribution in [0.15, 0.2) is 0 Å². The van der Waals surface area contributed by atoms with E-state index in [4.69, 9.17) is 14.6 Å². The number of ether oxygens (including phenoxy) is 2. The maximum atomic E-state index is 11.7. The van der Waals surface area contributed by atoms with Crippen LogP contribution >= 0.6 is 0 Å². The van der Waals surface area contributed by atoms with Gasteiger partial charge in [-0.3, -0.25) is 0 Å². The molecular weight excluding hydrogens is 296 g/mol. The lowest BCUT2D eigenvalue weighted by atomic mass is 9.92. The molecule has 130 valence electrons. The van der Waals surface area contributed by atoms with Gasteiger partial charge in [-0.2, -0.15) is 0 Å². The van der Waals surface area contributed by atoms with Crippen molar-refractivity contribution in [3.8, 4) is 0 Å². The van der Waals surface area contributed by atoms with E-state index in [-0.39, 0.29) is 6.61 Å². The third-order valence-electron chi connectivity index (χ3n) is 3.72. The first-order valence-electron chi connectivity index (χ1n) is 7.59. The van der Waals surface area contributed by atoms with Gasteiger partial charge in [0.15, 0.2) is 6.10 Å². The number of carbonyl (C=O) groups is 1. The van der Waals surface area contributed by atoms with Gasteiger partial charge in [0.1, 0.15) is 30.5 Å². The molecule has 1 aliphatic rings. The van der Waals surface area contributed by atoms with Crippen molar-refractivity contribution in [2.45, 2.75) is 69.2 Å². The van der Waals surface area contributed by atoms with Crippen LogP contribution in [0.5, 0.6) is 0 Å². The van der Waals surface area contributed by atoms with E-state index >= 15 is 0 Å². The Morgan fingerprint density at radius 1 is 1.14 bits per heavy atom. The number of aliphatic hydroxyl groups excluding tert-OH is 5. The number of aliphatic hydroxyl groups is 5. The van der Waals surface area contributed by atoms with E-state index in [1.165, 1.54) is 0 Å². The SMILES string of the molecule is CCCCCCOC(=O)C(O)C1O[C@H](CO)[C@@H](O)[C@H](O)[C@H]1O. The minimum atomic E-state index is -1.81. The molecule has 8 nitrogen and oxygen atoms in total. The molecule has 1 saturated heterocycles. The summed E-state index contributed by atoms with van der Waals surface area (Å²) >= 11 is 0. The Hall–Kier alpha value is -0.770. The zero-order chi connectivity index (χ0) is 16.7. The van der Waals surface area contributed by atoms with Gasteiger partial charge in [-0.25, -0.2) is 4.79 Å². The first-order valence-corrected chi connectivity index (χ1v) is 7.59. The van der Waals surface area contributed by atoms with Crippen molar-refractivity contribution in [2.24, 2.45) is 0 Å². The lowest BCUT2D eigenvalue weighted by molar-refractivity contribution is -0.250. The summed E-state index contributed by atoms with van der Waals surface area (Å²) in [6.07, 6.45) is -5.65. The third kappa shape index (κ3) is 4.87. The van der Waals surface area contributed by atoms with Gasteiger partial charge in [-0.15, -0.1) is 0 Å². The summed E-state index contributed by atoms with van der Waals surface area (Å²) in [6.45, 7) is 1.57. The highest BCUT2D eigenvalue weighted by Crippen LogP contribution is 2.23. The topological polar surface area (TPSA) is 137 Å². The summed E-state index contributed by atoms with van der Waals surface area (Å²) in [5, 5.41) is 48.0. The van der Waals surface area contributed by atoms with Gasteiger partial charge in [-0.05, 0) is 6.42 Å². The molecule has 1 rings (SSSR count).